The quantitative estimate of drug-likeness (QED) is 0.737. The minimum atomic E-state index is -4.38. The number of rotatable bonds is 7. The van der Waals surface area contributed by atoms with Gasteiger partial charge in [-0.15, -0.1) is 10.2 Å². The van der Waals surface area contributed by atoms with Gasteiger partial charge in [-0.2, -0.15) is 13.2 Å². The number of benzene rings is 1. The van der Waals surface area contributed by atoms with E-state index in [-0.39, 0.29) is 11.6 Å². The Balaban J connectivity index is 1.89. The van der Waals surface area contributed by atoms with Gasteiger partial charge in [0, 0.05) is 12.2 Å². The number of hydrogen-bond acceptors (Lipinski definition) is 5. The smallest absolute Gasteiger partial charge is 0.351 e. The fraction of sp³-hybridized carbons (Fsp3) is 0.353. The first kappa shape index (κ1) is 19.6. The van der Waals surface area contributed by atoms with Gasteiger partial charge in [0.25, 0.3) is 5.91 Å². The third-order valence-electron chi connectivity index (χ3n) is 3.45. The van der Waals surface area contributed by atoms with Gasteiger partial charge in [-0.3, -0.25) is 4.79 Å². The van der Waals surface area contributed by atoms with E-state index in [4.69, 9.17) is 0 Å². The number of carbonyl (C=O) groups excluding carboxylic acids is 1. The summed E-state index contributed by atoms with van der Waals surface area (Å²) >= 11 is 0. The van der Waals surface area contributed by atoms with Gasteiger partial charge in [0.1, 0.15) is 0 Å². The fourth-order valence-electron chi connectivity index (χ4n) is 2.10. The minimum absolute atomic E-state index is 0.174. The second-order valence-electron chi connectivity index (χ2n) is 5.92. The average Bonchev–Trinajstić information content (AvgIpc) is 2.59. The van der Waals surface area contributed by atoms with Crippen LogP contribution in [0.15, 0.2) is 36.4 Å². The van der Waals surface area contributed by atoms with Gasteiger partial charge >= 0.3 is 6.18 Å². The Morgan fingerprint density at radius 1 is 1.08 bits per heavy atom. The molecule has 2 aromatic rings. The first-order chi connectivity index (χ1) is 12.3. The number of nitrogens with one attached hydrogen (secondary N) is 2. The largest absolute Gasteiger partial charge is 0.416 e. The topological polar surface area (TPSA) is 70.2 Å². The van der Waals surface area contributed by atoms with Crippen molar-refractivity contribution in [3.63, 3.8) is 0 Å². The molecule has 0 bridgehead atoms. The number of amides is 1. The van der Waals surface area contributed by atoms with Crippen molar-refractivity contribution in [2.75, 3.05) is 32.5 Å². The van der Waals surface area contributed by atoms with E-state index >= 15 is 0 Å². The molecule has 0 aliphatic heterocycles. The zero-order valence-electron chi connectivity index (χ0n) is 14.5. The Morgan fingerprint density at radius 2 is 1.77 bits per heavy atom. The van der Waals surface area contributed by atoms with E-state index in [9.17, 15) is 18.0 Å². The van der Waals surface area contributed by atoms with E-state index in [1.165, 1.54) is 18.2 Å². The number of anilines is 2. The van der Waals surface area contributed by atoms with Crippen molar-refractivity contribution in [1.29, 1.82) is 0 Å². The van der Waals surface area contributed by atoms with Crippen LogP contribution < -0.4 is 10.6 Å². The number of alkyl halides is 3. The predicted molar refractivity (Wildman–Crippen MR) is 92.3 cm³/mol. The summed E-state index contributed by atoms with van der Waals surface area (Å²) in [5.74, 6) is 0.00579. The number of hydrogen-bond donors (Lipinski definition) is 2. The van der Waals surface area contributed by atoms with Crippen LogP contribution in [0.3, 0.4) is 0 Å². The Bertz CT molecular complexity index is 715. The molecule has 0 fully saturated rings. The molecular formula is C17H20F3N5O. The van der Waals surface area contributed by atoms with Gasteiger partial charge in [0.15, 0.2) is 11.5 Å². The molecule has 6 nitrogen and oxygen atoms in total. The molecule has 1 aromatic heterocycles. The van der Waals surface area contributed by atoms with E-state index in [1.807, 2.05) is 19.0 Å². The standard InChI is InChI=1S/C17H20F3N5O/c1-25(2)11-3-10-21-16(26)14-8-9-15(24-23-14)22-13-6-4-12(5-7-13)17(18,19)20/h4-9H,3,10-11H2,1-2H3,(H,21,26)(H,22,24). The summed E-state index contributed by atoms with van der Waals surface area (Å²) in [6, 6.07) is 7.60. The zero-order chi connectivity index (χ0) is 19.2. The van der Waals surface area contributed by atoms with Crippen LogP contribution in [0.4, 0.5) is 24.7 Å². The summed E-state index contributed by atoms with van der Waals surface area (Å²) in [6.45, 7) is 1.40. The molecule has 0 atom stereocenters. The molecule has 2 N–H and O–H groups in total. The molecule has 1 heterocycles. The maximum absolute atomic E-state index is 12.5. The zero-order valence-corrected chi connectivity index (χ0v) is 14.5. The van der Waals surface area contributed by atoms with Gasteiger partial charge < -0.3 is 15.5 Å². The highest BCUT2D eigenvalue weighted by Gasteiger charge is 2.29. The summed E-state index contributed by atoms with van der Waals surface area (Å²) in [5.41, 5.74) is -0.114. The van der Waals surface area contributed by atoms with Gasteiger partial charge in [-0.1, -0.05) is 0 Å². The Hall–Kier alpha value is -2.68. The van der Waals surface area contributed by atoms with Crippen LogP contribution in [-0.4, -0.2) is 48.2 Å². The molecule has 1 aromatic carbocycles. The average molecular weight is 367 g/mol. The van der Waals surface area contributed by atoms with Crippen LogP contribution in [0.25, 0.3) is 0 Å². The molecule has 1 amide bonds. The first-order valence-electron chi connectivity index (χ1n) is 7.96. The van der Waals surface area contributed by atoms with Crippen molar-refractivity contribution in [3.05, 3.63) is 47.7 Å². The molecule has 0 aliphatic rings. The molecule has 0 radical (unpaired) electrons. The van der Waals surface area contributed by atoms with Crippen LogP contribution >= 0.6 is 0 Å². The van der Waals surface area contributed by atoms with Gasteiger partial charge in [-0.05, 0) is 63.5 Å². The molecular weight excluding hydrogens is 347 g/mol. The lowest BCUT2D eigenvalue weighted by Crippen LogP contribution is -2.28. The van der Waals surface area contributed by atoms with Crippen molar-refractivity contribution >= 4 is 17.4 Å². The highest BCUT2D eigenvalue weighted by Crippen LogP contribution is 2.30. The second-order valence-corrected chi connectivity index (χ2v) is 5.92. The number of halogens is 3. The highest BCUT2D eigenvalue weighted by atomic mass is 19.4. The molecule has 2 rings (SSSR count). The fourth-order valence-corrected chi connectivity index (χ4v) is 2.10. The molecule has 0 saturated heterocycles. The van der Waals surface area contributed by atoms with Crippen LogP contribution in [0.5, 0.6) is 0 Å². The Morgan fingerprint density at radius 3 is 2.31 bits per heavy atom. The summed E-state index contributed by atoms with van der Waals surface area (Å²) in [7, 11) is 3.91. The van der Waals surface area contributed by atoms with Gasteiger partial charge in [0.2, 0.25) is 0 Å². The van der Waals surface area contributed by atoms with Crippen molar-refractivity contribution in [3.8, 4) is 0 Å². The monoisotopic (exact) mass is 367 g/mol. The Labute approximate surface area is 149 Å². The van der Waals surface area contributed by atoms with Crippen molar-refractivity contribution in [2.45, 2.75) is 12.6 Å². The van der Waals surface area contributed by atoms with Crippen molar-refractivity contribution < 1.29 is 18.0 Å². The second kappa shape index (κ2) is 8.61. The maximum Gasteiger partial charge on any atom is 0.416 e. The maximum atomic E-state index is 12.5. The molecule has 26 heavy (non-hydrogen) atoms. The molecule has 140 valence electrons. The van der Waals surface area contributed by atoms with Crippen LogP contribution in [-0.2, 0) is 6.18 Å². The number of aromatic nitrogens is 2. The van der Waals surface area contributed by atoms with E-state index < -0.39 is 11.7 Å². The van der Waals surface area contributed by atoms with E-state index in [2.05, 4.69) is 20.8 Å². The molecule has 0 aliphatic carbocycles. The predicted octanol–water partition coefficient (Wildman–Crippen LogP) is 2.92. The van der Waals surface area contributed by atoms with E-state index in [0.717, 1.165) is 25.1 Å². The molecule has 0 unspecified atom stereocenters. The van der Waals surface area contributed by atoms with Crippen molar-refractivity contribution in [2.24, 2.45) is 0 Å². The third kappa shape index (κ3) is 5.99. The lowest BCUT2D eigenvalue weighted by molar-refractivity contribution is -0.137. The molecule has 9 heteroatoms. The minimum Gasteiger partial charge on any atom is -0.351 e. The molecule has 0 saturated carbocycles. The lowest BCUT2D eigenvalue weighted by Gasteiger charge is -2.10. The Kier molecular flexibility index (Phi) is 6.51. The number of nitrogens with zero attached hydrogens (tertiary/aromatic N) is 3. The van der Waals surface area contributed by atoms with Crippen LogP contribution in [0.2, 0.25) is 0 Å². The van der Waals surface area contributed by atoms with Crippen LogP contribution in [0, 0.1) is 0 Å². The van der Waals surface area contributed by atoms with Crippen LogP contribution in [0.1, 0.15) is 22.5 Å². The SMILES string of the molecule is CN(C)CCCNC(=O)c1ccc(Nc2ccc(C(F)(F)F)cc2)nn1. The molecule has 0 spiro atoms. The first-order valence-corrected chi connectivity index (χ1v) is 7.96. The third-order valence-corrected chi connectivity index (χ3v) is 3.45. The summed E-state index contributed by atoms with van der Waals surface area (Å²) in [5, 5.41) is 13.3. The van der Waals surface area contributed by atoms with E-state index in [1.54, 1.807) is 6.07 Å². The van der Waals surface area contributed by atoms with Gasteiger partial charge in [-0.25, -0.2) is 0 Å². The van der Waals surface area contributed by atoms with E-state index in [0.29, 0.717) is 18.1 Å². The summed E-state index contributed by atoms with van der Waals surface area (Å²) < 4.78 is 37.6. The lowest BCUT2D eigenvalue weighted by atomic mass is 10.2. The number of carbonyl (C=O) groups is 1. The summed E-state index contributed by atoms with van der Waals surface area (Å²) in [4.78, 5) is 14.0. The van der Waals surface area contributed by atoms with Crippen molar-refractivity contribution in [1.82, 2.24) is 20.4 Å². The normalized spacial score (nSPS) is 11.5. The highest BCUT2D eigenvalue weighted by molar-refractivity contribution is 5.92. The summed E-state index contributed by atoms with van der Waals surface area (Å²) in [6.07, 6.45) is -3.56. The van der Waals surface area contributed by atoms with Gasteiger partial charge in [0.05, 0.1) is 5.56 Å².